The van der Waals surface area contributed by atoms with Crippen molar-refractivity contribution in [1.82, 2.24) is 18.7 Å². The number of carboxylic acid groups (broad SMARTS) is 1. The maximum atomic E-state index is 13.9. The van der Waals surface area contributed by atoms with Crippen LogP contribution < -0.4 is 11.2 Å². The van der Waals surface area contributed by atoms with E-state index in [1.807, 2.05) is 24.3 Å². The summed E-state index contributed by atoms with van der Waals surface area (Å²) in [7, 11) is 0. The van der Waals surface area contributed by atoms with E-state index in [2.05, 4.69) is 4.98 Å². The molecular formula is C28H34N4O4. The molecule has 2 saturated carbocycles. The molecule has 0 spiro atoms. The molecule has 0 bridgehead atoms. The van der Waals surface area contributed by atoms with Gasteiger partial charge in [-0.15, -0.1) is 0 Å². The number of fused-ring (bicyclic) bond motifs is 1. The van der Waals surface area contributed by atoms with Gasteiger partial charge in [0.2, 0.25) is 0 Å². The van der Waals surface area contributed by atoms with Crippen molar-refractivity contribution in [1.29, 1.82) is 0 Å². The topological polar surface area (TPSA) is 99.1 Å². The van der Waals surface area contributed by atoms with Gasteiger partial charge < -0.3 is 5.11 Å². The number of carbonyl (C=O) groups is 1. The Hall–Kier alpha value is -3.42. The highest BCUT2D eigenvalue weighted by Gasteiger charge is 2.24. The van der Waals surface area contributed by atoms with Gasteiger partial charge in [-0.2, -0.15) is 0 Å². The number of aromatic nitrogens is 4. The lowest BCUT2D eigenvalue weighted by molar-refractivity contribution is -0.131. The average molecular weight is 491 g/mol. The lowest BCUT2D eigenvalue weighted by Crippen LogP contribution is -2.43. The van der Waals surface area contributed by atoms with Gasteiger partial charge in [0.25, 0.3) is 5.56 Å². The molecule has 2 aromatic heterocycles. The van der Waals surface area contributed by atoms with E-state index in [4.69, 9.17) is 5.11 Å². The smallest absolute Gasteiger partial charge is 0.332 e. The Morgan fingerprint density at radius 3 is 2.22 bits per heavy atom. The Kier molecular flexibility index (Phi) is 7.20. The molecular weight excluding hydrogens is 456 g/mol. The maximum Gasteiger partial charge on any atom is 0.332 e. The zero-order valence-corrected chi connectivity index (χ0v) is 20.6. The van der Waals surface area contributed by atoms with E-state index in [9.17, 15) is 14.4 Å². The van der Waals surface area contributed by atoms with Gasteiger partial charge in [0.05, 0.1) is 0 Å². The Balaban J connectivity index is 1.63. The molecule has 0 radical (unpaired) electrons. The van der Waals surface area contributed by atoms with E-state index in [0.717, 1.165) is 50.3 Å². The summed E-state index contributed by atoms with van der Waals surface area (Å²) in [5, 5.41) is 8.99. The third-order valence-electron chi connectivity index (χ3n) is 7.81. The van der Waals surface area contributed by atoms with E-state index >= 15 is 0 Å². The summed E-state index contributed by atoms with van der Waals surface area (Å²) in [6, 6.07) is 7.36. The van der Waals surface area contributed by atoms with Crippen LogP contribution in [0.15, 0.2) is 46.3 Å². The second kappa shape index (κ2) is 10.7. The summed E-state index contributed by atoms with van der Waals surface area (Å²) in [5.74, 6) is -0.272. The Morgan fingerprint density at radius 1 is 0.944 bits per heavy atom. The minimum Gasteiger partial charge on any atom is -0.478 e. The first-order valence-corrected chi connectivity index (χ1v) is 13.2. The fourth-order valence-electron chi connectivity index (χ4n) is 5.92. The van der Waals surface area contributed by atoms with Gasteiger partial charge in [0.1, 0.15) is 6.33 Å². The number of benzene rings is 1. The molecule has 0 aliphatic heterocycles. The van der Waals surface area contributed by atoms with Crippen molar-refractivity contribution >= 4 is 23.2 Å². The van der Waals surface area contributed by atoms with E-state index in [1.54, 1.807) is 15.5 Å². The molecule has 2 heterocycles. The molecule has 8 heteroatoms. The maximum absolute atomic E-state index is 13.9. The van der Waals surface area contributed by atoms with Crippen molar-refractivity contribution in [3.63, 3.8) is 0 Å². The largest absolute Gasteiger partial charge is 0.478 e. The van der Waals surface area contributed by atoms with Crippen LogP contribution in [0.1, 0.15) is 69.8 Å². The number of hydrogen-bond acceptors (Lipinski definition) is 4. The van der Waals surface area contributed by atoms with Crippen LogP contribution in [0.2, 0.25) is 0 Å². The number of imidazole rings is 1. The fraction of sp³-hybridized carbons (Fsp3) is 0.500. The highest BCUT2D eigenvalue weighted by atomic mass is 16.4. The van der Waals surface area contributed by atoms with E-state index in [0.29, 0.717) is 41.7 Å². The van der Waals surface area contributed by atoms with E-state index in [1.165, 1.54) is 36.3 Å². The molecule has 0 amide bonds. The summed E-state index contributed by atoms with van der Waals surface area (Å²) in [5.41, 5.74) is 1.71. The highest BCUT2D eigenvalue weighted by Crippen LogP contribution is 2.27. The van der Waals surface area contributed by atoms with Crippen molar-refractivity contribution in [3.05, 3.63) is 63.1 Å². The second-order valence-corrected chi connectivity index (χ2v) is 10.4. The van der Waals surface area contributed by atoms with Crippen LogP contribution in [0, 0.1) is 11.8 Å². The van der Waals surface area contributed by atoms with Gasteiger partial charge in [-0.3, -0.25) is 18.5 Å². The van der Waals surface area contributed by atoms with Crippen LogP contribution in [0.25, 0.3) is 22.9 Å². The first-order chi connectivity index (χ1) is 17.5. The third kappa shape index (κ3) is 5.08. The van der Waals surface area contributed by atoms with Gasteiger partial charge >= 0.3 is 11.7 Å². The van der Waals surface area contributed by atoms with Gasteiger partial charge in [-0.1, -0.05) is 50.7 Å². The molecule has 36 heavy (non-hydrogen) atoms. The summed E-state index contributed by atoms with van der Waals surface area (Å²) >= 11 is 0. The molecule has 2 fully saturated rings. The molecule has 0 atom stereocenters. The van der Waals surface area contributed by atoms with Gasteiger partial charge in [0, 0.05) is 24.9 Å². The van der Waals surface area contributed by atoms with Crippen molar-refractivity contribution in [2.24, 2.45) is 11.8 Å². The van der Waals surface area contributed by atoms with Crippen molar-refractivity contribution in [2.75, 3.05) is 0 Å². The van der Waals surface area contributed by atoms with Crippen molar-refractivity contribution in [3.8, 4) is 5.69 Å². The predicted octanol–water partition coefficient (Wildman–Crippen LogP) is 4.61. The molecule has 8 nitrogen and oxygen atoms in total. The second-order valence-electron chi connectivity index (χ2n) is 10.4. The normalized spacial score (nSPS) is 17.8. The first kappa shape index (κ1) is 24.3. The zero-order valence-electron chi connectivity index (χ0n) is 20.6. The van der Waals surface area contributed by atoms with Crippen LogP contribution in [-0.4, -0.2) is 29.8 Å². The molecule has 3 aromatic rings. The van der Waals surface area contributed by atoms with Crippen LogP contribution in [0.3, 0.4) is 0 Å². The lowest BCUT2D eigenvalue weighted by atomic mass is 9.89. The quantitative estimate of drug-likeness (QED) is 0.488. The van der Waals surface area contributed by atoms with Gasteiger partial charge in [-0.05, 0) is 61.3 Å². The molecule has 190 valence electrons. The van der Waals surface area contributed by atoms with E-state index in [-0.39, 0.29) is 11.2 Å². The standard InChI is InChI=1S/C28H34N4O4/c33-24(34)15-14-20-12-7-13-23(16-20)32-19-29-25-26(32)30(17-21-8-3-1-4-9-21)28(36)31(27(25)35)18-22-10-5-2-6-11-22/h7,12-16,19,21-22H,1-6,8-11,17-18H2,(H,33,34)/b15-14+. The molecule has 5 rings (SSSR count). The van der Waals surface area contributed by atoms with Gasteiger partial charge in [0.15, 0.2) is 11.2 Å². The van der Waals surface area contributed by atoms with Crippen LogP contribution in [0.4, 0.5) is 0 Å². The molecule has 2 aliphatic carbocycles. The fourth-order valence-corrected chi connectivity index (χ4v) is 5.92. The molecule has 1 N–H and O–H groups in total. The number of rotatable bonds is 7. The summed E-state index contributed by atoms with van der Waals surface area (Å²) < 4.78 is 5.01. The predicted molar refractivity (Wildman–Crippen MR) is 139 cm³/mol. The molecule has 0 unspecified atom stereocenters. The minimum absolute atomic E-state index is 0.243. The van der Waals surface area contributed by atoms with Gasteiger partial charge in [-0.25, -0.2) is 14.6 Å². The lowest BCUT2D eigenvalue weighted by Gasteiger charge is -2.25. The SMILES string of the molecule is O=C(O)/C=C/c1cccc(-n2cnc3c(=O)n(CC4CCCCC4)c(=O)n(CC4CCCCC4)c32)c1. The Morgan fingerprint density at radius 2 is 1.58 bits per heavy atom. The molecule has 2 aliphatic rings. The van der Waals surface area contributed by atoms with Crippen LogP contribution in [-0.2, 0) is 17.9 Å². The minimum atomic E-state index is -1.02. The summed E-state index contributed by atoms with van der Waals surface area (Å²) in [4.78, 5) is 42.9. The Labute approximate surface area is 209 Å². The summed E-state index contributed by atoms with van der Waals surface area (Å²) in [6.07, 6.45) is 15.6. The summed E-state index contributed by atoms with van der Waals surface area (Å²) in [6.45, 7) is 1.03. The number of hydrogen-bond donors (Lipinski definition) is 1. The zero-order chi connectivity index (χ0) is 25.1. The number of aliphatic carboxylic acids is 1. The third-order valence-corrected chi connectivity index (χ3v) is 7.81. The monoisotopic (exact) mass is 490 g/mol. The van der Waals surface area contributed by atoms with Crippen LogP contribution >= 0.6 is 0 Å². The van der Waals surface area contributed by atoms with Crippen molar-refractivity contribution < 1.29 is 9.90 Å². The molecule has 0 saturated heterocycles. The first-order valence-electron chi connectivity index (χ1n) is 13.2. The van der Waals surface area contributed by atoms with Crippen molar-refractivity contribution in [2.45, 2.75) is 77.3 Å². The average Bonchev–Trinajstić information content (AvgIpc) is 3.35. The Bertz CT molecular complexity index is 1380. The number of nitrogens with zero attached hydrogens (tertiary/aromatic N) is 4. The number of carboxylic acids is 1. The van der Waals surface area contributed by atoms with Crippen LogP contribution in [0.5, 0.6) is 0 Å². The van der Waals surface area contributed by atoms with E-state index < -0.39 is 5.97 Å². The highest BCUT2D eigenvalue weighted by molar-refractivity contribution is 5.85. The molecule has 1 aromatic carbocycles.